The molecule has 5 heavy (non-hydrogen) atoms. The van der Waals surface area contributed by atoms with Crippen LogP contribution >= 0.6 is 0 Å². The zero-order valence-corrected chi connectivity index (χ0v) is 4.50. The maximum absolute atomic E-state index is 2.08. The minimum atomic E-state index is 0. The molecule has 0 radical (unpaired) electrons. The van der Waals surface area contributed by atoms with E-state index in [-0.39, 0.29) is 18.9 Å². The fourth-order valence-electron chi connectivity index (χ4n) is 0. The number of hydrogen-bond acceptors (Lipinski definition) is 0. The van der Waals surface area contributed by atoms with Crippen molar-refractivity contribution in [2.45, 2.75) is 20.8 Å². The Bertz CT molecular complexity index is 8.36. The second-order valence-electron chi connectivity index (χ2n) is 1.50. The largest absolute Gasteiger partial charge is 1.00 e. The molecule has 0 heterocycles. The van der Waals surface area contributed by atoms with E-state index in [0.717, 1.165) is 0 Å². The Morgan fingerprint density at radius 1 is 1.00 bits per heavy atom. The minimum absolute atomic E-state index is 0. The minimum Gasteiger partial charge on any atom is -0.323 e. The summed E-state index contributed by atoms with van der Waals surface area (Å²) in [6.45, 7) is 6.25. The van der Waals surface area contributed by atoms with E-state index in [1.165, 1.54) is 5.92 Å². The van der Waals surface area contributed by atoms with E-state index in [9.17, 15) is 0 Å². The van der Waals surface area contributed by atoms with Crippen LogP contribution in [0.25, 0.3) is 0 Å². The van der Waals surface area contributed by atoms with E-state index in [1.807, 2.05) is 0 Å². The van der Waals surface area contributed by atoms with Crippen molar-refractivity contribution in [2.24, 2.45) is 0 Å². The van der Waals surface area contributed by atoms with Crippen molar-refractivity contribution in [2.75, 3.05) is 0 Å². The van der Waals surface area contributed by atoms with E-state index in [2.05, 4.69) is 20.8 Å². The monoisotopic (exact) mass is 64.1 g/mol. The third kappa shape index (κ3) is 86.9. The Kier molecular flexibility index (Phi) is 8.41. The van der Waals surface area contributed by atoms with Crippen molar-refractivity contribution in [3.63, 3.8) is 0 Å². The first-order valence-corrected chi connectivity index (χ1v) is 1.50. The second kappa shape index (κ2) is 4.60. The van der Waals surface area contributed by atoms with Gasteiger partial charge >= 0.3 is 18.9 Å². The van der Waals surface area contributed by atoms with Crippen molar-refractivity contribution in [3.8, 4) is 0 Å². The Hall–Kier alpha value is 0.597. The Balaban J connectivity index is 0. The molecule has 0 unspecified atom stereocenters. The quantitative estimate of drug-likeness (QED) is 0.241. The Morgan fingerprint density at radius 2 is 1.00 bits per heavy atom. The van der Waals surface area contributed by atoms with Crippen LogP contribution in [0.4, 0.5) is 0 Å². The molecule has 0 saturated heterocycles. The molecule has 0 spiro atoms. The molecule has 26 valence electrons. The summed E-state index contributed by atoms with van der Waals surface area (Å²) < 4.78 is 0. The van der Waals surface area contributed by atoms with Crippen molar-refractivity contribution in [1.82, 2.24) is 0 Å². The molecule has 0 aliphatic heterocycles. The molecule has 0 aromatic heterocycles. The first kappa shape index (κ1) is 9.14. The molecule has 0 N–H and O–H groups in total. The van der Waals surface area contributed by atoms with E-state index < -0.39 is 0 Å². The second-order valence-corrected chi connectivity index (χ2v) is 1.50. The van der Waals surface area contributed by atoms with Gasteiger partial charge in [-0.15, -0.1) is 0 Å². The topological polar surface area (TPSA) is 0 Å². The fraction of sp³-hybridized carbons (Fsp3) is 0.750. The molecule has 0 aromatic rings. The van der Waals surface area contributed by atoms with Gasteiger partial charge in [0.05, 0.1) is 0 Å². The summed E-state index contributed by atoms with van der Waals surface area (Å²) in [6.07, 6.45) is 0. The van der Waals surface area contributed by atoms with E-state index in [4.69, 9.17) is 0 Å². The molecule has 0 aromatic carbocycles. The number of hydrogen-bond donors (Lipinski definition) is 0. The molecular weight excluding hydrogens is 55.0 g/mol. The third-order valence-electron chi connectivity index (χ3n) is 0. The SMILES string of the molecule is C[C-](C)C.[Li+]. The molecule has 0 aliphatic rings. The van der Waals surface area contributed by atoms with Crippen molar-refractivity contribution in [1.29, 1.82) is 0 Å². The summed E-state index contributed by atoms with van der Waals surface area (Å²) in [6, 6.07) is 0. The normalized spacial score (nSPS) is 7.20. The summed E-state index contributed by atoms with van der Waals surface area (Å²) in [7, 11) is 0. The van der Waals surface area contributed by atoms with Crippen LogP contribution in [0, 0.1) is 5.92 Å². The first-order valence-electron chi connectivity index (χ1n) is 1.50. The molecule has 0 saturated carbocycles. The zero-order chi connectivity index (χ0) is 3.58. The summed E-state index contributed by atoms with van der Waals surface area (Å²) in [5.41, 5.74) is 0. The zero-order valence-electron chi connectivity index (χ0n) is 4.50. The van der Waals surface area contributed by atoms with Gasteiger partial charge in [0.25, 0.3) is 0 Å². The summed E-state index contributed by atoms with van der Waals surface area (Å²) >= 11 is 0. The van der Waals surface area contributed by atoms with Gasteiger partial charge in [-0.3, -0.25) is 0 Å². The molecule has 0 nitrogen and oxygen atoms in total. The predicted molar refractivity (Wildman–Crippen MR) is 20.3 cm³/mol. The van der Waals surface area contributed by atoms with Crippen LogP contribution in [0.2, 0.25) is 0 Å². The van der Waals surface area contributed by atoms with Gasteiger partial charge in [0.2, 0.25) is 0 Å². The molecule has 0 rings (SSSR count). The number of rotatable bonds is 0. The third-order valence-corrected chi connectivity index (χ3v) is 0. The standard InChI is InChI=1S/C4H9.Li/c1-4(2)3;/h1-3H3;/q-1;+1. The average Bonchev–Trinajstić information content (AvgIpc) is 0.811. The molecule has 0 atom stereocenters. The summed E-state index contributed by atoms with van der Waals surface area (Å²) in [5, 5.41) is 0. The van der Waals surface area contributed by atoms with Crippen molar-refractivity contribution in [3.05, 3.63) is 5.92 Å². The fourth-order valence-corrected chi connectivity index (χ4v) is 0. The van der Waals surface area contributed by atoms with E-state index in [0.29, 0.717) is 0 Å². The smallest absolute Gasteiger partial charge is 0.323 e. The van der Waals surface area contributed by atoms with Crippen LogP contribution in [0.5, 0.6) is 0 Å². The summed E-state index contributed by atoms with van der Waals surface area (Å²) in [5.74, 6) is 1.42. The predicted octanol–water partition coefficient (Wildman–Crippen LogP) is -1.38. The van der Waals surface area contributed by atoms with Gasteiger partial charge in [-0.25, -0.2) is 0 Å². The Labute approximate surface area is 46.1 Å². The molecule has 0 fully saturated rings. The van der Waals surface area contributed by atoms with Gasteiger partial charge in [0.15, 0.2) is 0 Å². The van der Waals surface area contributed by atoms with Crippen LogP contribution in [-0.2, 0) is 0 Å². The van der Waals surface area contributed by atoms with Crippen LogP contribution in [0.15, 0.2) is 0 Å². The molecule has 0 amide bonds. The van der Waals surface area contributed by atoms with Crippen LogP contribution in [0.1, 0.15) is 20.8 Å². The van der Waals surface area contributed by atoms with Gasteiger partial charge in [-0.05, 0) is 0 Å². The molecule has 0 bridgehead atoms. The van der Waals surface area contributed by atoms with Crippen molar-refractivity contribution >= 4 is 0 Å². The first-order chi connectivity index (χ1) is 1.73. The van der Waals surface area contributed by atoms with E-state index in [1.54, 1.807) is 0 Å². The van der Waals surface area contributed by atoms with Gasteiger partial charge in [-0.1, -0.05) is 0 Å². The maximum Gasteiger partial charge on any atom is 1.00 e. The van der Waals surface area contributed by atoms with Crippen LogP contribution in [-0.4, -0.2) is 0 Å². The van der Waals surface area contributed by atoms with Gasteiger partial charge in [0, 0.05) is 0 Å². The van der Waals surface area contributed by atoms with Gasteiger partial charge < -0.3 is 5.92 Å². The maximum atomic E-state index is 2.08. The van der Waals surface area contributed by atoms with Crippen LogP contribution < -0.4 is 18.9 Å². The molecule has 1 heteroatoms. The van der Waals surface area contributed by atoms with Gasteiger partial charge in [-0.2, -0.15) is 20.8 Å². The average molecular weight is 64.1 g/mol. The van der Waals surface area contributed by atoms with E-state index >= 15 is 0 Å². The molecular formula is C4H9Li. The van der Waals surface area contributed by atoms with Crippen molar-refractivity contribution < 1.29 is 18.9 Å². The van der Waals surface area contributed by atoms with Gasteiger partial charge in [0.1, 0.15) is 0 Å². The molecule has 0 aliphatic carbocycles. The van der Waals surface area contributed by atoms with Crippen LogP contribution in [0.3, 0.4) is 0 Å². The summed E-state index contributed by atoms with van der Waals surface area (Å²) in [4.78, 5) is 0. The Morgan fingerprint density at radius 3 is 1.00 bits per heavy atom.